The molecule has 0 unspecified atom stereocenters. The predicted octanol–water partition coefficient (Wildman–Crippen LogP) is 0.368. The number of fused-ring (bicyclic) bond motifs is 1. The number of hydrogen-bond donors (Lipinski definition) is 1. The van der Waals surface area contributed by atoms with Crippen LogP contribution in [0.2, 0.25) is 0 Å². The molecule has 1 N–H and O–H groups in total. The summed E-state index contributed by atoms with van der Waals surface area (Å²) in [5.41, 5.74) is 0.704. The number of nitrogens with zero attached hydrogens (tertiary/aromatic N) is 4. The van der Waals surface area contributed by atoms with Crippen LogP contribution in [0.25, 0.3) is 11.0 Å². The molecule has 0 atom stereocenters. The van der Waals surface area contributed by atoms with Crippen LogP contribution in [0.4, 0.5) is 0 Å². The number of aryl methyl sites for hydroxylation is 1. The molecule has 2 heterocycles. The van der Waals surface area contributed by atoms with E-state index in [0.717, 1.165) is 18.0 Å². The van der Waals surface area contributed by atoms with E-state index in [1.54, 1.807) is 7.05 Å². The van der Waals surface area contributed by atoms with Gasteiger partial charge in [0.15, 0.2) is 16.2 Å². The molecule has 0 bridgehead atoms. The van der Waals surface area contributed by atoms with E-state index >= 15 is 0 Å². The maximum absolute atomic E-state index is 10.3. The molecule has 2 rings (SSSR count). The molecule has 2 aromatic heterocycles. The number of aldehydes is 1. The molecule has 90 valence electrons. The van der Waals surface area contributed by atoms with Crippen LogP contribution in [0.15, 0.2) is 5.16 Å². The summed E-state index contributed by atoms with van der Waals surface area (Å²) in [6.45, 7) is 0. The fourth-order valence-corrected chi connectivity index (χ4v) is 1.85. The number of carbonyl (C=O) groups excluding carboxylic acids is 1. The smallest absolute Gasteiger partial charge is 0.246 e. The van der Waals surface area contributed by atoms with Crippen LogP contribution in [0, 0.1) is 0 Å². The third kappa shape index (κ3) is 2.03. The van der Waals surface area contributed by atoms with Gasteiger partial charge in [0.2, 0.25) is 11.8 Å². The SMILES string of the molecule is COc1nc(SCC=O)nc2c(O)n(C)nc12. The number of aromatic nitrogens is 4. The standard InChI is InChI=1S/C9H10N4O3S/c1-13-8(15)6-5(12-13)7(16-2)11-9(10-6)17-4-3-14/h3,15H,4H2,1-2H3. The van der Waals surface area contributed by atoms with E-state index in [-0.39, 0.29) is 17.5 Å². The van der Waals surface area contributed by atoms with Crippen molar-refractivity contribution in [1.82, 2.24) is 19.7 Å². The van der Waals surface area contributed by atoms with Gasteiger partial charge >= 0.3 is 0 Å². The Hall–Kier alpha value is -1.83. The summed E-state index contributed by atoms with van der Waals surface area (Å²) >= 11 is 1.16. The first kappa shape index (κ1) is 11.6. The number of methoxy groups -OCH3 is 1. The molecule has 2 aromatic rings. The topological polar surface area (TPSA) is 90.1 Å². The average molecular weight is 254 g/mol. The van der Waals surface area contributed by atoms with E-state index in [9.17, 15) is 9.90 Å². The summed E-state index contributed by atoms with van der Waals surface area (Å²) in [6.07, 6.45) is 0.758. The van der Waals surface area contributed by atoms with Crippen molar-refractivity contribution in [2.24, 2.45) is 7.05 Å². The molecule has 0 radical (unpaired) electrons. The highest BCUT2D eigenvalue weighted by Crippen LogP contribution is 2.29. The van der Waals surface area contributed by atoms with Crippen LogP contribution in [0.5, 0.6) is 11.8 Å². The van der Waals surface area contributed by atoms with Crippen molar-refractivity contribution >= 4 is 29.1 Å². The molecule has 0 saturated heterocycles. The van der Waals surface area contributed by atoms with E-state index in [1.165, 1.54) is 11.8 Å². The van der Waals surface area contributed by atoms with Gasteiger partial charge in [0.05, 0.1) is 12.9 Å². The summed E-state index contributed by atoms with van der Waals surface area (Å²) in [7, 11) is 3.05. The Kier molecular flexibility index (Phi) is 3.14. The lowest BCUT2D eigenvalue weighted by Gasteiger charge is -2.01. The summed E-state index contributed by atoms with van der Waals surface area (Å²) in [4.78, 5) is 18.5. The van der Waals surface area contributed by atoms with Gasteiger partial charge in [-0.3, -0.25) is 0 Å². The van der Waals surface area contributed by atoms with Crippen LogP contribution in [-0.4, -0.2) is 44.0 Å². The lowest BCUT2D eigenvalue weighted by atomic mass is 10.4. The van der Waals surface area contributed by atoms with Crippen molar-refractivity contribution in [3.05, 3.63) is 0 Å². The van der Waals surface area contributed by atoms with Crippen molar-refractivity contribution in [3.63, 3.8) is 0 Å². The van der Waals surface area contributed by atoms with Gasteiger partial charge in [-0.15, -0.1) is 0 Å². The minimum atomic E-state index is -0.0614. The van der Waals surface area contributed by atoms with Gasteiger partial charge in [-0.2, -0.15) is 10.1 Å². The molecule has 0 aromatic carbocycles. The predicted molar refractivity (Wildman–Crippen MR) is 61.3 cm³/mol. The average Bonchev–Trinajstić information content (AvgIpc) is 2.62. The molecule has 0 aliphatic carbocycles. The first-order chi connectivity index (χ1) is 8.17. The highest BCUT2D eigenvalue weighted by Gasteiger charge is 2.17. The maximum atomic E-state index is 10.3. The molecule has 8 heteroatoms. The van der Waals surface area contributed by atoms with Crippen LogP contribution in [-0.2, 0) is 11.8 Å². The number of aromatic hydroxyl groups is 1. The first-order valence-corrected chi connectivity index (χ1v) is 5.70. The summed E-state index contributed by atoms with van der Waals surface area (Å²) in [6, 6.07) is 0. The Morgan fingerprint density at radius 3 is 2.88 bits per heavy atom. The molecular weight excluding hydrogens is 244 g/mol. The number of ether oxygens (including phenoxy) is 1. The van der Waals surface area contributed by atoms with Gasteiger partial charge in [0.1, 0.15) is 6.29 Å². The van der Waals surface area contributed by atoms with Gasteiger partial charge < -0.3 is 14.6 Å². The van der Waals surface area contributed by atoms with Crippen LogP contribution >= 0.6 is 11.8 Å². The van der Waals surface area contributed by atoms with Crippen LogP contribution in [0.1, 0.15) is 0 Å². The number of thioether (sulfide) groups is 1. The summed E-state index contributed by atoms with van der Waals surface area (Å²) in [5.74, 6) is 0.461. The second-order valence-corrected chi connectivity index (χ2v) is 4.12. The molecule has 7 nitrogen and oxygen atoms in total. The highest BCUT2D eigenvalue weighted by atomic mass is 32.2. The first-order valence-electron chi connectivity index (χ1n) is 4.71. The van der Waals surface area contributed by atoms with Gasteiger partial charge in [0.25, 0.3) is 0 Å². The lowest BCUT2D eigenvalue weighted by molar-refractivity contribution is -0.105. The third-order valence-corrected chi connectivity index (χ3v) is 2.82. The minimum absolute atomic E-state index is 0.0614. The molecule has 17 heavy (non-hydrogen) atoms. The molecule has 0 fully saturated rings. The quantitative estimate of drug-likeness (QED) is 0.479. The molecule has 0 spiro atoms. The van der Waals surface area contributed by atoms with Gasteiger partial charge in [0, 0.05) is 7.05 Å². The van der Waals surface area contributed by atoms with Crippen molar-refractivity contribution in [1.29, 1.82) is 0 Å². The van der Waals surface area contributed by atoms with Crippen molar-refractivity contribution < 1.29 is 14.6 Å². The summed E-state index contributed by atoms with van der Waals surface area (Å²) in [5, 5.41) is 14.2. The van der Waals surface area contributed by atoms with Gasteiger partial charge in [-0.05, 0) is 0 Å². The number of hydrogen-bond acceptors (Lipinski definition) is 7. The Bertz CT molecular complexity index is 569. The zero-order valence-electron chi connectivity index (χ0n) is 9.25. The molecule has 0 amide bonds. The fourth-order valence-electron chi connectivity index (χ4n) is 1.33. The highest BCUT2D eigenvalue weighted by molar-refractivity contribution is 7.99. The lowest BCUT2D eigenvalue weighted by Crippen LogP contribution is -1.95. The van der Waals surface area contributed by atoms with E-state index in [2.05, 4.69) is 15.1 Å². The van der Waals surface area contributed by atoms with E-state index < -0.39 is 0 Å². The molecular formula is C9H10N4O3S. The zero-order chi connectivity index (χ0) is 12.4. The second kappa shape index (κ2) is 4.58. The Morgan fingerprint density at radius 2 is 2.24 bits per heavy atom. The normalized spacial score (nSPS) is 10.7. The molecule has 0 aliphatic heterocycles. The number of rotatable bonds is 4. The second-order valence-electron chi connectivity index (χ2n) is 3.14. The van der Waals surface area contributed by atoms with Crippen molar-refractivity contribution in [3.8, 4) is 11.8 Å². The fraction of sp³-hybridized carbons (Fsp3) is 0.333. The maximum Gasteiger partial charge on any atom is 0.246 e. The Morgan fingerprint density at radius 1 is 1.47 bits per heavy atom. The number of carbonyl (C=O) groups is 1. The minimum Gasteiger partial charge on any atom is -0.492 e. The van der Waals surface area contributed by atoms with Crippen LogP contribution < -0.4 is 4.74 Å². The Balaban J connectivity index is 2.58. The third-order valence-electron chi connectivity index (χ3n) is 2.07. The van der Waals surface area contributed by atoms with Gasteiger partial charge in [-0.1, -0.05) is 11.8 Å². The molecule has 0 saturated carbocycles. The summed E-state index contributed by atoms with van der Waals surface area (Å²) < 4.78 is 6.36. The molecule has 0 aliphatic rings. The Labute approximate surface area is 101 Å². The van der Waals surface area contributed by atoms with E-state index in [0.29, 0.717) is 16.2 Å². The van der Waals surface area contributed by atoms with Crippen molar-refractivity contribution in [2.75, 3.05) is 12.9 Å². The van der Waals surface area contributed by atoms with E-state index in [4.69, 9.17) is 4.74 Å². The van der Waals surface area contributed by atoms with E-state index in [1.807, 2.05) is 0 Å². The van der Waals surface area contributed by atoms with Crippen molar-refractivity contribution in [2.45, 2.75) is 5.16 Å². The monoisotopic (exact) mass is 254 g/mol. The van der Waals surface area contributed by atoms with Gasteiger partial charge in [-0.25, -0.2) is 9.67 Å². The largest absolute Gasteiger partial charge is 0.492 e. The zero-order valence-corrected chi connectivity index (χ0v) is 10.1. The van der Waals surface area contributed by atoms with Crippen LogP contribution in [0.3, 0.4) is 0 Å².